The fourth-order valence-corrected chi connectivity index (χ4v) is 3.36. The third kappa shape index (κ3) is 7.41. The molecule has 1 aliphatic heterocycles. The Morgan fingerprint density at radius 1 is 1.19 bits per heavy atom. The molecule has 0 aromatic heterocycles. The third-order valence-corrected chi connectivity index (χ3v) is 5.59. The fraction of sp³-hybridized carbons (Fsp3) is 0.588. The number of anilines is 1. The van der Waals surface area contributed by atoms with Crippen LogP contribution in [0.1, 0.15) is 13.8 Å². The first-order valence-electron chi connectivity index (χ1n) is 8.97. The van der Waals surface area contributed by atoms with Gasteiger partial charge in [-0.3, -0.25) is 4.99 Å². The summed E-state index contributed by atoms with van der Waals surface area (Å²) in [7, 11) is -3.19. The van der Waals surface area contributed by atoms with Gasteiger partial charge in [0.15, 0.2) is 5.96 Å². The molecule has 2 N–H and O–H groups in total. The minimum Gasteiger partial charge on any atom is -0.366 e. The first-order chi connectivity index (χ1) is 12.5. The standard InChI is InChI=1S/C17H28FN5O2S.HI/c1-3-19-17(20-9-10-21-26(24,25)4-2)23-13-11-22(12-14-23)16-8-6-5-7-15(16)18;/h5-8,21H,3-4,9-14H2,1-2H3,(H,19,20);1H. The molecule has 0 aliphatic carbocycles. The Morgan fingerprint density at radius 3 is 2.44 bits per heavy atom. The Bertz CT molecular complexity index is 709. The minimum absolute atomic E-state index is 0. The molecule has 7 nitrogen and oxygen atoms in total. The highest BCUT2D eigenvalue weighted by atomic mass is 127. The van der Waals surface area contributed by atoms with E-state index in [1.807, 2.05) is 17.9 Å². The molecule has 2 rings (SSSR count). The summed E-state index contributed by atoms with van der Waals surface area (Å²) >= 11 is 0. The van der Waals surface area contributed by atoms with Crippen LogP contribution in [0.4, 0.5) is 10.1 Å². The van der Waals surface area contributed by atoms with Gasteiger partial charge in [0.05, 0.1) is 18.0 Å². The number of guanidine groups is 1. The van der Waals surface area contributed by atoms with Gasteiger partial charge in [-0.05, 0) is 26.0 Å². The lowest BCUT2D eigenvalue weighted by Gasteiger charge is -2.37. The molecular formula is C17H29FIN5O2S. The van der Waals surface area contributed by atoms with Gasteiger partial charge in [-0.15, -0.1) is 24.0 Å². The van der Waals surface area contributed by atoms with Crippen molar-refractivity contribution in [1.29, 1.82) is 0 Å². The van der Waals surface area contributed by atoms with Crippen LogP contribution < -0.4 is 14.9 Å². The number of benzene rings is 1. The zero-order valence-corrected chi connectivity index (χ0v) is 19.0. The van der Waals surface area contributed by atoms with Gasteiger partial charge in [-0.1, -0.05) is 12.1 Å². The van der Waals surface area contributed by atoms with Gasteiger partial charge in [-0.25, -0.2) is 17.5 Å². The van der Waals surface area contributed by atoms with Gasteiger partial charge in [0.1, 0.15) is 5.82 Å². The second-order valence-corrected chi connectivity index (χ2v) is 8.05. The quantitative estimate of drug-likeness (QED) is 0.250. The molecule has 1 aliphatic rings. The van der Waals surface area contributed by atoms with Crippen LogP contribution in [-0.4, -0.2) is 70.8 Å². The summed E-state index contributed by atoms with van der Waals surface area (Å²) in [4.78, 5) is 8.65. The molecule has 0 amide bonds. The van der Waals surface area contributed by atoms with E-state index in [9.17, 15) is 12.8 Å². The van der Waals surface area contributed by atoms with Crippen molar-refractivity contribution in [3.8, 4) is 0 Å². The summed E-state index contributed by atoms with van der Waals surface area (Å²) in [5.41, 5.74) is 0.628. The molecule has 1 heterocycles. The third-order valence-electron chi connectivity index (χ3n) is 4.18. The molecule has 1 aromatic rings. The van der Waals surface area contributed by atoms with E-state index in [2.05, 4.69) is 19.9 Å². The number of rotatable bonds is 7. The van der Waals surface area contributed by atoms with Crippen molar-refractivity contribution in [2.75, 3.05) is 56.5 Å². The topological polar surface area (TPSA) is 77.0 Å². The molecule has 0 saturated carbocycles. The van der Waals surface area contributed by atoms with Crippen LogP contribution in [0.5, 0.6) is 0 Å². The van der Waals surface area contributed by atoms with Gasteiger partial charge in [0, 0.05) is 39.3 Å². The fourth-order valence-electron chi connectivity index (χ4n) is 2.76. The SMILES string of the molecule is CCNC(=NCCNS(=O)(=O)CC)N1CCN(c2ccccc2F)CC1.I. The number of aliphatic imine (C=N–C) groups is 1. The number of hydrogen-bond donors (Lipinski definition) is 2. The summed E-state index contributed by atoms with van der Waals surface area (Å²) in [5, 5.41) is 3.24. The molecule has 154 valence electrons. The smallest absolute Gasteiger partial charge is 0.211 e. The van der Waals surface area contributed by atoms with Crippen LogP contribution >= 0.6 is 24.0 Å². The van der Waals surface area contributed by atoms with Crippen molar-refractivity contribution in [1.82, 2.24) is 14.9 Å². The summed E-state index contributed by atoms with van der Waals surface area (Å²) in [5.74, 6) is 0.621. The van der Waals surface area contributed by atoms with Crippen molar-refractivity contribution >= 4 is 45.6 Å². The van der Waals surface area contributed by atoms with Crippen molar-refractivity contribution in [2.45, 2.75) is 13.8 Å². The second-order valence-electron chi connectivity index (χ2n) is 5.96. The molecule has 1 fully saturated rings. The number of halogens is 2. The average molecular weight is 513 g/mol. The maximum atomic E-state index is 13.9. The normalized spacial score (nSPS) is 15.4. The average Bonchev–Trinajstić information content (AvgIpc) is 2.65. The monoisotopic (exact) mass is 513 g/mol. The Labute approximate surface area is 178 Å². The van der Waals surface area contributed by atoms with Gasteiger partial charge in [0.2, 0.25) is 10.0 Å². The number of piperazine rings is 1. The highest BCUT2D eigenvalue weighted by Gasteiger charge is 2.21. The zero-order valence-electron chi connectivity index (χ0n) is 15.8. The lowest BCUT2D eigenvalue weighted by molar-refractivity contribution is 0.371. The molecule has 10 heteroatoms. The highest BCUT2D eigenvalue weighted by molar-refractivity contribution is 14.0. The summed E-state index contributed by atoms with van der Waals surface area (Å²) in [6.07, 6.45) is 0. The van der Waals surface area contributed by atoms with E-state index in [0.717, 1.165) is 25.6 Å². The zero-order chi connectivity index (χ0) is 19.0. The number of hydrogen-bond acceptors (Lipinski definition) is 4. The van der Waals surface area contributed by atoms with Crippen LogP contribution in [0.2, 0.25) is 0 Å². The maximum absolute atomic E-state index is 13.9. The Morgan fingerprint density at radius 2 is 1.85 bits per heavy atom. The number of sulfonamides is 1. The number of para-hydroxylation sites is 1. The Balaban J connectivity index is 0.00000364. The predicted octanol–water partition coefficient (Wildman–Crippen LogP) is 1.47. The molecule has 27 heavy (non-hydrogen) atoms. The van der Waals surface area contributed by atoms with E-state index >= 15 is 0 Å². The van der Waals surface area contributed by atoms with Crippen molar-refractivity contribution in [3.63, 3.8) is 0 Å². The van der Waals surface area contributed by atoms with Crippen LogP contribution in [0.15, 0.2) is 29.3 Å². The molecule has 0 bridgehead atoms. The first kappa shape index (κ1) is 23.9. The van der Waals surface area contributed by atoms with Gasteiger partial charge >= 0.3 is 0 Å². The molecular weight excluding hydrogens is 484 g/mol. The summed E-state index contributed by atoms with van der Waals surface area (Å²) < 4.78 is 39.3. The summed E-state index contributed by atoms with van der Waals surface area (Å²) in [6, 6.07) is 6.81. The summed E-state index contributed by atoms with van der Waals surface area (Å²) in [6.45, 7) is 7.82. The van der Waals surface area contributed by atoms with E-state index in [1.165, 1.54) is 6.07 Å². The molecule has 1 saturated heterocycles. The van der Waals surface area contributed by atoms with Crippen LogP contribution in [0.25, 0.3) is 0 Å². The molecule has 0 unspecified atom stereocenters. The van der Waals surface area contributed by atoms with Crippen LogP contribution in [0.3, 0.4) is 0 Å². The largest absolute Gasteiger partial charge is 0.366 e. The number of nitrogens with zero attached hydrogens (tertiary/aromatic N) is 3. The lowest BCUT2D eigenvalue weighted by atomic mass is 10.2. The molecule has 0 spiro atoms. The first-order valence-corrected chi connectivity index (χ1v) is 10.6. The van der Waals surface area contributed by atoms with Gasteiger partial charge in [0.25, 0.3) is 0 Å². The van der Waals surface area contributed by atoms with Gasteiger partial charge in [-0.2, -0.15) is 0 Å². The van der Waals surface area contributed by atoms with Crippen molar-refractivity contribution in [2.24, 2.45) is 4.99 Å². The van der Waals surface area contributed by atoms with Crippen molar-refractivity contribution < 1.29 is 12.8 Å². The highest BCUT2D eigenvalue weighted by Crippen LogP contribution is 2.20. The maximum Gasteiger partial charge on any atom is 0.211 e. The molecule has 0 atom stereocenters. The molecule has 1 aromatic carbocycles. The van der Waals surface area contributed by atoms with Gasteiger partial charge < -0.3 is 15.1 Å². The van der Waals surface area contributed by atoms with E-state index < -0.39 is 10.0 Å². The van der Waals surface area contributed by atoms with Crippen LogP contribution in [0, 0.1) is 5.82 Å². The van der Waals surface area contributed by atoms with E-state index in [4.69, 9.17) is 0 Å². The van der Waals surface area contributed by atoms with E-state index in [1.54, 1.807) is 19.1 Å². The molecule has 0 radical (unpaired) electrons. The van der Waals surface area contributed by atoms with E-state index in [-0.39, 0.29) is 42.1 Å². The second kappa shape index (κ2) is 11.6. The minimum atomic E-state index is -3.19. The number of nitrogens with one attached hydrogen (secondary N) is 2. The van der Waals surface area contributed by atoms with E-state index in [0.29, 0.717) is 25.3 Å². The lowest BCUT2D eigenvalue weighted by Crippen LogP contribution is -2.52. The Hall–Kier alpha value is -1.14. The predicted molar refractivity (Wildman–Crippen MR) is 119 cm³/mol. The Kier molecular flexibility index (Phi) is 10.3. The van der Waals surface area contributed by atoms with Crippen molar-refractivity contribution in [3.05, 3.63) is 30.1 Å². The van der Waals surface area contributed by atoms with Crippen LogP contribution in [-0.2, 0) is 10.0 Å².